The van der Waals surface area contributed by atoms with Gasteiger partial charge in [-0.1, -0.05) is 54.6 Å². The first-order valence-electron chi connectivity index (χ1n) is 11.4. The molecule has 6 nitrogen and oxygen atoms in total. The zero-order chi connectivity index (χ0) is 29.6. The number of alkyl halides is 6. The Bertz CT molecular complexity index is 1530. The number of hydrogen-bond acceptors (Lipinski definition) is 5. The second-order valence-electron chi connectivity index (χ2n) is 8.34. The third-order valence-electron chi connectivity index (χ3n) is 5.23. The molecule has 0 saturated carbocycles. The zero-order valence-electron chi connectivity index (χ0n) is 20.6. The van der Waals surface area contributed by atoms with Crippen LogP contribution in [0.25, 0.3) is 0 Å². The van der Waals surface area contributed by atoms with Crippen LogP contribution in [-0.2, 0) is 19.8 Å². The minimum absolute atomic E-state index is 0.00333. The van der Waals surface area contributed by atoms with Gasteiger partial charge in [0.25, 0.3) is 10.0 Å². The van der Waals surface area contributed by atoms with Crippen molar-refractivity contribution in [3.63, 3.8) is 0 Å². The summed E-state index contributed by atoms with van der Waals surface area (Å²) in [5.74, 6) is -2.54. The van der Waals surface area contributed by atoms with Crippen LogP contribution < -0.4 is 9.47 Å². The van der Waals surface area contributed by atoms with Crippen molar-refractivity contribution in [2.24, 2.45) is 3.77 Å². The second kappa shape index (κ2) is 12.3. The van der Waals surface area contributed by atoms with Crippen molar-refractivity contribution in [3.05, 3.63) is 97.1 Å². The molecule has 0 spiro atoms. The van der Waals surface area contributed by atoms with Gasteiger partial charge in [0, 0.05) is 22.6 Å². The first-order chi connectivity index (χ1) is 18.6. The molecule has 0 unspecified atom stereocenters. The van der Waals surface area contributed by atoms with Gasteiger partial charge in [0.2, 0.25) is 0 Å². The number of nitrogens with zero attached hydrogens (tertiary/aromatic N) is 1. The van der Waals surface area contributed by atoms with E-state index < -0.39 is 67.6 Å². The summed E-state index contributed by atoms with van der Waals surface area (Å²) in [6.07, 6.45) is -8.20. The van der Waals surface area contributed by atoms with Crippen molar-refractivity contribution in [1.82, 2.24) is 0 Å². The van der Waals surface area contributed by atoms with Crippen LogP contribution in [0.2, 0.25) is 0 Å². The van der Waals surface area contributed by atoms with E-state index in [-0.39, 0.29) is 10.6 Å². The number of rotatable bonds is 11. The average molecular weight is 608 g/mol. The minimum Gasteiger partial charge on any atom is -0.484 e. The van der Waals surface area contributed by atoms with Crippen LogP contribution in [0.4, 0.5) is 26.3 Å². The number of benzene rings is 3. The normalized spacial score (nSPS) is 14.6. The second-order valence-corrected chi connectivity index (χ2v) is 12.4. The zero-order valence-corrected chi connectivity index (χ0v) is 22.2. The molecule has 3 rings (SSSR count). The lowest BCUT2D eigenvalue weighted by atomic mass is 10.0. The maximum Gasteiger partial charge on any atom is 0.422 e. The predicted octanol–water partition coefficient (Wildman–Crippen LogP) is 6.75. The molecule has 0 radical (unpaired) electrons. The topological polar surface area (TPSA) is 82.0 Å². The van der Waals surface area contributed by atoms with E-state index >= 15 is 0 Å². The lowest BCUT2D eigenvalue weighted by molar-refractivity contribution is -0.154. The summed E-state index contributed by atoms with van der Waals surface area (Å²) in [6, 6.07) is 17.9. The highest BCUT2D eigenvalue weighted by molar-refractivity contribution is 8.03. The third kappa shape index (κ3) is 8.74. The van der Waals surface area contributed by atoms with Crippen molar-refractivity contribution in [3.8, 4) is 11.5 Å². The minimum atomic E-state index is -5.12. The third-order valence-corrected chi connectivity index (χ3v) is 9.68. The summed E-state index contributed by atoms with van der Waals surface area (Å²) in [7, 11) is -8.99. The number of sulfonamides is 1. The van der Waals surface area contributed by atoms with Crippen molar-refractivity contribution >= 4 is 19.8 Å². The predicted molar refractivity (Wildman–Crippen MR) is 136 cm³/mol. The van der Waals surface area contributed by atoms with Gasteiger partial charge in [0.15, 0.2) is 13.2 Å². The summed E-state index contributed by atoms with van der Waals surface area (Å²) >= 11 is 0. The first-order valence-corrected chi connectivity index (χ1v) is 14.5. The standard InChI is InChI=1S/C26H23F6NO5S2/c1-2-19(20-9-5-3-6-10-20)16-39(34,22-11-7-4-8-12-22)33-40(35,36)24-15-21(37-17-25(27,28)29)13-14-23(24)38-18-26(30,31)32/h2-15,19H,1,16-18H2/t19-,39+/m1/s1. The summed E-state index contributed by atoms with van der Waals surface area (Å²) < 4.78 is 131. The lowest BCUT2D eigenvalue weighted by Crippen LogP contribution is -2.21. The van der Waals surface area contributed by atoms with E-state index in [1.165, 1.54) is 30.3 Å². The Morgan fingerprint density at radius 3 is 1.90 bits per heavy atom. The highest BCUT2D eigenvalue weighted by atomic mass is 32.3. The van der Waals surface area contributed by atoms with E-state index in [0.29, 0.717) is 17.7 Å². The monoisotopic (exact) mass is 607 g/mol. The Kier molecular flexibility index (Phi) is 9.56. The Morgan fingerprint density at radius 2 is 1.35 bits per heavy atom. The molecule has 0 aliphatic rings. The number of ether oxygens (including phenoxy) is 2. The molecule has 3 aromatic rings. The first kappa shape index (κ1) is 31.0. The quantitative estimate of drug-likeness (QED) is 0.178. The van der Waals surface area contributed by atoms with Crippen molar-refractivity contribution in [1.29, 1.82) is 0 Å². The molecule has 3 aromatic carbocycles. The summed E-state index contributed by atoms with van der Waals surface area (Å²) in [5, 5.41) is 0. The van der Waals surface area contributed by atoms with Gasteiger partial charge in [0.05, 0.1) is 9.73 Å². The molecule has 216 valence electrons. The Morgan fingerprint density at radius 1 is 0.800 bits per heavy atom. The van der Waals surface area contributed by atoms with Gasteiger partial charge >= 0.3 is 12.4 Å². The number of allylic oxidation sites excluding steroid dienone is 1. The van der Waals surface area contributed by atoms with Crippen LogP contribution in [0.1, 0.15) is 11.5 Å². The fraction of sp³-hybridized carbons (Fsp3) is 0.231. The van der Waals surface area contributed by atoms with Crippen LogP contribution in [0.15, 0.2) is 105 Å². The molecular weight excluding hydrogens is 584 g/mol. The van der Waals surface area contributed by atoms with Gasteiger partial charge in [0.1, 0.15) is 16.4 Å². The van der Waals surface area contributed by atoms with Gasteiger partial charge in [-0.05, 0) is 29.8 Å². The molecule has 0 saturated heterocycles. The van der Waals surface area contributed by atoms with Gasteiger partial charge < -0.3 is 9.47 Å². The van der Waals surface area contributed by atoms with Gasteiger partial charge in [-0.15, -0.1) is 10.3 Å². The molecular formula is C26H23F6NO5S2. The highest BCUT2D eigenvalue weighted by Crippen LogP contribution is 2.34. The summed E-state index contributed by atoms with van der Waals surface area (Å²) in [6.45, 7) is 0.0273. The molecule has 0 fully saturated rings. The molecule has 0 aliphatic heterocycles. The van der Waals surface area contributed by atoms with Crippen LogP contribution in [0.3, 0.4) is 0 Å². The van der Waals surface area contributed by atoms with Crippen molar-refractivity contribution < 1.29 is 48.4 Å². The largest absolute Gasteiger partial charge is 0.484 e. The Balaban J connectivity index is 2.18. The van der Waals surface area contributed by atoms with Crippen LogP contribution >= 0.6 is 0 Å². The SMILES string of the molecule is C=C[C@H](C[S@@](=O)(=NS(=O)(=O)c1cc(OCC(F)(F)F)ccc1OCC(F)(F)F)c1ccccc1)c1ccccc1. The van der Waals surface area contributed by atoms with E-state index in [9.17, 15) is 39.0 Å². The lowest BCUT2D eigenvalue weighted by Gasteiger charge is -2.18. The smallest absolute Gasteiger partial charge is 0.422 e. The molecule has 0 bridgehead atoms. The van der Waals surface area contributed by atoms with Crippen LogP contribution in [-0.4, -0.2) is 43.9 Å². The van der Waals surface area contributed by atoms with Gasteiger partial charge in [-0.2, -0.15) is 34.8 Å². The number of halogens is 6. The van der Waals surface area contributed by atoms with Gasteiger partial charge in [-0.25, -0.2) is 4.21 Å². The van der Waals surface area contributed by atoms with E-state index in [1.54, 1.807) is 36.4 Å². The fourth-order valence-electron chi connectivity index (χ4n) is 3.47. The fourth-order valence-corrected chi connectivity index (χ4v) is 7.88. The highest BCUT2D eigenvalue weighted by Gasteiger charge is 2.32. The maximum absolute atomic E-state index is 14.3. The van der Waals surface area contributed by atoms with Crippen molar-refractivity contribution in [2.45, 2.75) is 28.1 Å². The van der Waals surface area contributed by atoms with E-state index in [4.69, 9.17) is 0 Å². The molecule has 0 aromatic heterocycles. The molecule has 40 heavy (non-hydrogen) atoms. The molecule has 0 aliphatic carbocycles. The summed E-state index contributed by atoms with van der Waals surface area (Å²) in [5.41, 5.74) is 0.644. The molecule has 0 amide bonds. The molecule has 0 heterocycles. The van der Waals surface area contributed by atoms with Crippen molar-refractivity contribution in [2.75, 3.05) is 19.0 Å². The Labute approximate surface area is 227 Å². The Hall–Kier alpha value is -3.52. The molecule has 2 atom stereocenters. The van der Waals surface area contributed by atoms with Gasteiger partial charge in [-0.3, -0.25) is 0 Å². The molecule has 0 N–H and O–H groups in total. The maximum atomic E-state index is 14.3. The van der Waals surface area contributed by atoms with E-state index in [1.807, 2.05) is 0 Å². The molecule has 14 heteroatoms. The van der Waals surface area contributed by atoms with Crippen LogP contribution in [0, 0.1) is 0 Å². The average Bonchev–Trinajstić information content (AvgIpc) is 2.89. The number of hydrogen-bond donors (Lipinski definition) is 0. The van der Waals surface area contributed by atoms with E-state index in [0.717, 1.165) is 6.07 Å². The van der Waals surface area contributed by atoms with E-state index in [2.05, 4.69) is 19.8 Å². The van der Waals surface area contributed by atoms with Crippen LogP contribution in [0.5, 0.6) is 11.5 Å². The summed E-state index contributed by atoms with van der Waals surface area (Å²) in [4.78, 5) is -1.04.